The lowest BCUT2D eigenvalue weighted by Gasteiger charge is -2.30. The molecule has 6 nitrogen and oxygen atoms in total. The molecule has 0 saturated carbocycles. The number of hydrogen-bond acceptors (Lipinski definition) is 4. The first kappa shape index (κ1) is 26.0. The number of rotatable bonds is 8. The van der Waals surface area contributed by atoms with Crippen molar-refractivity contribution in [2.24, 2.45) is 5.92 Å². The van der Waals surface area contributed by atoms with Crippen LogP contribution in [0.1, 0.15) is 72.8 Å². The minimum atomic E-state index is -4.04. The monoisotopic (exact) mass is 436 g/mol. The van der Waals surface area contributed by atoms with E-state index in [1.165, 1.54) is 12.1 Å². The summed E-state index contributed by atoms with van der Waals surface area (Å²) in [5.74, 6) is 6.32. The van der Waals surface area contributed by atoms with Crippen LogP contribution in [0.4, 0.5) is 4.79 Å². The van der Waals surface area contributed by atoms with E-state index in [4.69, 9.17) is 4.74 Å². The quantitative estimate of drug-likeness (QED) is 0.352. The fourth-order valence-electron chi connectivity index (χ4n) is 2.64. The van der Waals surface area contributed by atoms with Gasteiger partial charge in [-0.2, -0.15) is 0 Å². The first-order valence-corrected chi connectivity index (χ1v) is 11.9. The predicted molar refractivity (Wildman–Crippen MR) is 120 cm³/mol. The summed E-state index contributed by atoms with van der Waals surface area (Å²) in [7, 11) is -4.04. The van der Waals surface area contributed by atoms with Crippen molar-refractivity contribution in [2.75, 3.05) is 0 Å². The average molecular weight is 437 g/mol. The fourth-order valence-corrected chi connectivity index (χ4v) is 4.01. The van der Waals surface area contributed by atoms with E-state index in [0.717, 1.165) is 22.8 Å². The van der Waals surface area contributed by atoms with Gasteiger partial charge in [0.05, 0.1) is 4.90 Å². The Bertz CT molecular complexity index is 844. The highest BCUT2D eigenvalue weighted by atomic mass is 32.2. The number of aryl methyl sites for hydroxylation is 1. The lowest BCUT2D eigenvalue weighted by atomic mass is 10.0. The van der Waals surface area contributed by atoms with Crippen LogP contribution in [0.2, 0.25) is 0 Å². The molecule has 0 fully saturated rings. The number of benzene rings is 1. The van der Waals surface area contributed by atoms with Crippen LogP contribution in [0, 0.1) is 24.7 Å². The van der Waals surface area contributed by atoms with Crippen LogP contribution in [0.15, 0.2) is 29.2 Å². The average Bonchev–Trinajstić information content (AvgIpc) is 2.61. The number of hydrazine groups is 1. The molecule has 0 spiro atoms. The molecule has 0 aliphatic heterocycles. The van der Waals surface area contributed by atoms with Gasteiger partial charge >= 0.3 is 6.09 Å². The third kappa shape index (κ3) is 8.76. The number of hydrogen-bond donors (Lipinski definition) is 1. The normalized spacial score (nSPS) is 13.0. The molecule has 0 aromatic heterocycles. The van der Waals surface area contributed by atoms with Crippen molar-refractivity contribution in [1.29, 1.82) is 0 Å². The zero-order valence-corrected chi connectivity index (χ0v) is 20.1. The molecule has 1 amide bonds. The molecule has 0 bridgehead atoms. The molecule has 1 unspecified atom stereocenters. The Hall–Kier alpha value is -2.04. The van der Waals surface area contributed by atoms with Gasteiger partial charge in [0.25, 0.3) is 10.0 Å². The first-order valence-electron chi connectivity index (χ1n) is 10.5. The summed E-state index contributed by atoms with van der Waals surface area (Å²) in [4.78, 5) is 12.6. The Labute approximate surface area is 182 Å². The second kappa shape index (κ2) is 11.4. The number of unbranched alkanes of at least 4 members (excludes halogenated alkanes) is 2. The minimum absolute atomic E-state index is 0.0910. The SMILES string of the molecule is CCCCC#CC(CC(C)C)N(NC(=O)OC(C)(C)C)S(=O)(=O)c1ccc(C)cc1. The molecular formula is C23H36N2O4S. The molecule has 0 aliphatic carbocycles. The van der Waals surface area contributed by atoms with E-state index in [9.17, 15) is 13.2 Å². The molecule has 0 heterocycles. The highest BCUT2D eigenvalue weighted by molar-refractivity contribution is 7.89. The third-order valence-electron chi connectivity index (χ3n) is 4.08. The van der Waals surface area contributed by atoms with E-state index in [-0.39, 0.29) is 10.8 Å². The molecule has 1 aromatic rings. The lowest BCUT2D eigenvalue weighted by Crippen LogP contribution is -2.52. The Morgan fingerprint density at radius 2 is 1.80 bits per heavy atom. The van der Waals surface area contributed by atoms with Gasteiger partial charge in [-0.25, -0.2) is 18.6 Å². The van der Waals surface area contributed by atoms with Crippen molar-refractivity contribution >= 4 is 16.1 Å². The Balaban J connectivity index is 3.38. The predicted octanol–water partition coefficient (Wildman–Crippen LogP) is 5.03. The Morgan fingerprint density at radius 3 is 2.30 bits per heavy atom. The van der Waals surface area contributed by atoms with Crippen molar-refractivity contribution in [3.63, 3.8) is 0 Å². The third-order valence-corrected chi connectivity index (χ3v) is 5.81. The van der Waals surface area contributed by atoms with Crippen molar-refractivity contribution in [3.05, 3.63) is 29.8 Å². The number of amides is 1. The number of nitrogens with one attached hydrogen (secondary N) is 1. The summed E-state index contributed by atoms with van der Waals surface area (Å²) in [6, 6.07) is 5.81. The molecule has 1 N–H and O–H groups in total. The molecule has 1 aromatic carbocycles. The Morgan fingerprint density at radius 1 is 1.20 bits per heavy atom. The lowest BCUT2D eigenvalue weighted by molar-refractivity contribution is 0.0404. The molecule has 1 rings (SSSR count). The number of ether oxygens (including phenoxy) is 1. The number of carbonyl (C=O) groups excluding carboxylic acids is 1. The van der Waals surface area contributed by atoms with Gasteiger partial charge in [0.1, 0.15) is 11.6 Å². The van der Waals surface area contributed by atoms with Gasteiger partial charge in [-0.05, 0) is 58.6 Å². The molecule has 0 saturated heterocycles. The Kier molecular flexibility index (Phi) is 9.86. The smallest absolute Gasteiger partial charge is 0.423 e. The van der Waals surface area contributed by atoms with Crippen LogP contribution >= 0.6 is 0 Å². The van der Waals surface area contributed by atoms with Gasteiger partial charge in [0.2, 0.25) is 0 Å². The van der Waals surface area contributed by atoms with E-state index < -0.39 is 27.8 Å². The van der Waals surface area contributed by atoms with Gasteiger partial charge < -0.3 is 4.74 Å². The molecule has 0 aliphatic rings. The van der Waals surface area contributed by atoms with Crippen LogP contribution in [0.3, 0.4) is 0 Å². The summed E-state index contributed by atoms with van der Waals surface area (Å²) < 4.78 is 33.2. The van der Waals surface area contributed by atoms with Gasteiger partial charge in [0, 0.05) is 6.42 Å². The molecular weight excluding hydrogens is 400 g/mol. The zero-order valence-electron chi connectivity index (χ0n) is 19.3. The van der Waals surface area contributed by atoms with Crippen LogP contribution in [0.5, 0.6) is 0 Å². The van der Waals surface area contributed by atoms with Gasteiger partial charge in [0.15, 0.2) is 0 Å². The van der Waals surface area contributed by atoms with E-state index in [1.807, 2.05) is 20.8 Å². The van der Waals surface area contributed by atoms with Crippen molar-refractivity contribution in [2.45, 2.75) is 90.7 Å². The highest BCUT2D eigenvalue weighted by Gasteiger charge is 2.34. The number of sulfonamides is 1. The van der Waals surface area contributed by atoms with Crippen LogP contribution in [-0.4, -0.2) is 30.6 Å². The van der Waals surface area contributed by atoms with E-state index in [0.29, 0.717) is 12.8 Å². The second-order valence-electron chi connectivity index (χ2n) is 8.80. The van der Waals surface area contributed by atoms with Gasteiger partial charge in [-0.3, -0.25) is 0 Å². The maximum atomic E-state index is 13.4. The topological polar surface area (TPSA) is 75.7 Å². The largest absolute Gasteiger partial charge is 0.443 e. The maximum absolute atomic E-state index is 13.4. The second-order valence-corrected chi connectivity index (χ2v) is 10.6. The molecule has 0 radical (unpaired) electrons. The van der Waals surface area contributed by atoms with Gasteiger partial charge in [-0.15, -0.1) is 5.92 Å². The summed E-state index contributed by atoms with van der Waals surface area (Å²) in [5, 5.41) is 0. The van der Waals surface area contributed by atoms with Crippen molar-refractivity contribution < 1.29 is 17.9 Å². The summed E-state index contributed by atoms with van der Waals surface area (Å²) >= 11 is 0. The van der Waals surface area contributed by atoms with E-state index in [1.54, 1.807) is 32.9 Å². The van der Waals surface area contributed by atoms with Crippen LogP contribution < -0.4 is 5.43 Å². The van der Waals surface area contributed by atoms with E-state index in [2.05, 4.69) is 24.2 Å². The maximum Gasteiger partial charge on any atom is 0.423 e. The van der Waals surface area contributed by atoms with Gasteiger partial charge in [-0.1, -0.05) is 55.2 Å². The fraction of sp³-hybridized carbons (Fsp3) is 0.609. The summed E-state index contributed by atoms with van der Waals surface area (Å²) in [5.41, 5.74) is 2.64. The molecule has 168 valence electrons. The molecule has 1 atom stereocenters. The minimum Gasteiger partial charge on any atom is -0.443 e. The van der Waals surface area contributed by atoms with E-state index >= 15 is 0 Å². The van der Waals surface area contributed by atoms with Crippen LogP contribution in [-0.2, 0) is 14.8 Å². The molecule has 30 heavy (non-hydrogen) atoms. The summed E-state index contributed by atoms with van der Waals surface area (Å²) in [6.45, 7) is 13.1. The van der Waals surface area contributed by atoms with Crippen LogP contribution in [0.25, 0.3) is 0 Å². The molecule has 7 heteroatoms. The number of carbonyl (C=O) groups is 1. The first-order chi connectivity index (χ1) is 13.9. The van der Waals surface area contributed by atoms with Crippen molar-refractivity contribution in [3.8, 4) is 11.8 Å². The standard InChI is InChI=1S/C23H36N2O4S/c1-8-9-10-11-12-20(17-18(2)3)25(24-22(26)29-23(5,6)7)30(27,28)21-15-13-19(4)14-16-21/h13-16,18,20H,8-10,17H2,1-7H3,(H,24,26). The highest BCUT2D eigenvalue weighted by Crippen LogP contribution is 2.21. The number of nitrogens with zero attached hydrogens (tertiary/aromatic N) is 1. The zero-order chi connectivity index (χ0) is 22.9. The van der Waals surface area contributed by atoms with Crippen molar-refractivity contribution in [1.82, 2.24) is 9.84 Å². The summed E-state index contributed by atoms with van der Waals surface area (Å²) in [6.07, 6.45) is 2.26.